The van der Waals surface area contributed by atoms with Crippen LogP contribution >= 0.6 is 15.9 Å². The van der Waals surface area contributed by atoms with Crippen molar-refractivity contribution in [1.29, 1.82) is 0 Å². The van der Waals surface area contributed by atoms with E-state index >= 15 is 0 Å². The predicted octanol–water partition coefficient (Wildman–Crippen LogP) is 5.91. The number of anilines is 1. The van der Waals surface area contributed by atoms with Crippen molar-refractivity contribution in [3.05, 3.63) is 88.7 Å². The molecule has 3 heterocycles. The molecule has 6 nitrogen and oxygen atoms in total. The van der Waals surface area contributed by atoms with Crippen molar-refractivity contribution in [2.75, 3.05) is 44.2 Å². The lowest BCUT2D eigenvalue weighted by molar-refractivity contribution is -0.137. The number of hydrogen-bond acceptors (Lipinski definition) is 4. The number of para-hydroxylation sites is 2. The van der Waals surface area contributed by atoms with Crippen molar-refractivity contribution in [2.45, 2.75) is 32.7 Å². The first-order chi connectivity index (χ1) is 19.1. The number of aryl methyl sites for hydroxylation is 1. The lowest BCUT2D eigenvalue weighted by atomic mass is 9.96. The molecule has 0 saturated carbocycles. The summed E-state index contributed by atoms with van der Waals surface area (Å²) in [6.07, 6.45) is 3.07. The maximum Gasteiger partial charge on any atom is 0.227 e. The van der Waals surface area contributed by atoms with E-state index in [0.717, 1.165) is 92.1 Å². The molecule has 0 unspecified atom stereocenters. The van der Waals surface area contributed by atoms with Gasteiger partial charge in [-0.15, -0.1) is 0 Å². The molecule has 1 atom stereocenters. The number of likely N-dealkylation sites (tertiary alicyclic amines) is 1. The van der Waals surface area contributed by atoms with Gasteiger partial charge in [-0.2, -0.15) is 0 Å². The highest BCUT2D eigenvalue weighted by Crippen LogP contribution is 2.27. The zero-order valence-electron chi connectivity index (χ0n) is 22.6. The van der Waals surface area contributed by atoms with Crippen molar-refractivity contribution in [3.8, 4) is 5.69 Å². The van der Waals surface area contributed by atoms with Gasteiger partial charge in [0, 0.05) is 48.6 Å². The highest BCUT2D eigenvalue weighted by atomic mass is 79.9. The Morgan fingerprint density at radius 3 is 2.49 bits per heavy atom. The third-order valence-electron chi connectivity index (χ3n) is 8.22. The summed E-state index contributed by atoms with van der Waals surface area (Å²) in [5.41, 5.74) is 5.83. The first-order valence-corrected chi connectivity index (χ1v) is 15.0. The smallest absolute Gasteiger partial charge is 0.227 e. The molecule has 1 aromatic heterocycles. The fraction of sp³-hybridized carbons (Fsp3) is 0.375. The second-order valence-corrected chi connectivity index (χ2v) is 11.7. The second kappa shape index (κ2) is 11.5. The molecule has 3 aromatic carbocycles. The number of halogens is 1. The lowest BCUT2D eigenvalue weighted by Gasteiger charge is -2.39. The molecule has 39 heavy (non-hydrogen) atoms. The van der Waals surface area contributed by atoms with Gasteiger partial charge in [0.05, 0.1) is 23.5 Å². The van der Waals surface area contributed by atoms with Crippen LogP contribution in [0.3, 0.4) is 0 Å². The zero-order valence-corrected chi connectivity index (χ0v) is 24.2. The summed E-state index contributed by atoms with van der Waals surface area (Å²) in [5, 5.41) is 0. The SMILES string of the molecule is CCc1ccc(N2CCN(C(=O)[C@H]3CCCN(Cc4nc5ccccc5n4-c4cccc(Br)c4)C3)CC2)cc1. The fourth-order valence-corrected chi connectivity index (χ4v) is 6.46. The molecule has 2 saturated heterocycles. The number of fused-ring (bicyclic) bond motifs is 1. The molecular weight excluding hydrogens is 550 g/mol. The van der Waals surface area contributed by atoms with E-state index in [4.69, 9.17) is 4.98 Å². The lowest BCUT2D eigenvalue weighted by Crippen LogP contribution is -2.52. The van der Waals surface area contributed by atoms with Crippen LogP contribution in [-0.2, 0) is 17.8 Å². The molecule has 2 aliphatic rings. The van der Waals surface area contributed by atoms with Gasteiger partial charge in [0.2, 0.25) is 5.91 Å². The van der Waals surface area contributed by atoms with E-state index in [0.29, 0.717) is 5.91 Å². The quantitative estimate of drug-likeness (QED) is 0.282. The van der Waals surface area contributed by atoms with Gasteiger partial charge in [-0.25, -0.2) is 4.98 Å². The number of hydrogen-bond donors (Lipinski definition) is 0. The van der Waals surface area contributed by atoms with Crippen LogP contribution in [0.15, 0.2) is 77.3 Å². The highest BCUT2D eigenvalue weighted by molar-refractivity contribution is 9.10. The minimum Gasteiger partial charge on any atom is -0.368 e. The van der Waals surface area contributed by atoms with Gasteiger partial charge in [0.15, 0.2) is 0 Å². The largest absolute Gasteiger partial charge is 0.368 e. The average molecular weight is 587 g/mol. The van der Waals surface area contributed by atoms with E-state index in [1.165, 1.54) is 11.3 Å². The van der Waals surface area contributed by atoms with Crippen LogP contribution in [0.1, 0.15) is 31.2 Å². The maximum atomic E-state index is 13.6. The standard InChI is InChI=1S/C32H36BrN5O/c1-2-24-12-14-27(15-13-24)36-17-19-37(20-18-36)32(39)25-7-6-16-35(22-25)23-31-34-29-10-3-4-11-30(29)38(31)28-9-5-8-26(33)21-28/h3-5,8-15,21,25H,2,6-7,16-20,22-23H2,1H3/t25-/m0/s1. The highest BCUT2D eigenvalue weighted by Gasteiger charge is 2.31. The van der Waals surface area contributed by atoms with Gasteiger partial charge in [-0.05, 0) is 73.8 Å². The van der Waals surface area contributed by atoms with Crippen molar-refractivity contribution in [2.24, 2.45) is 5.92 Å². The third-order valence-corrected chi connectivity index (χ3v) is 8.71. The maximum absolute atomic E-state index is 13.6. The Morgan fingerprint density at radius 2 is 1.72 bits per heavy atom. The van der Waals surface area contributed by atoms with Gasteiger partial charge in [-0.1, -0.05) is 53.2 Å². The van der Waals surface area contributed by atoms with Crippen molar-refractivity contribution >= 4 is 38.6 Å². The number of imidazole rings is 1. The number of amides is 1. The summed E-state index contributed by atoms with van der Waals surface area (Å²) in [7, 11) is 0. The topological polar surface area (TPSA) is 44.6 Å². The predicted molar refractivity (Wildman–Crippen MR) is 161 cm³/mol. The molecule has 2 aliphatic heterocycles. The molecule has 4 aromatic rings. The number of piperazine rings is 1. The Morgan fingerprint density at radius 1 is 0.923 bits per heavy atom. The van der Waals surface area contributed by atoms with Gasteiger partial charge >= 0.3 is 0 Å². The summed E-state index contributed by atoms with van der Waals surface area (Å²) in [6.45, 7) is 8.07. The first kappa shape index (κ1) is 26.1. The Kier molecular flexibility index (Phi) is 7.71. The number of rotatable bonds is 6. The molecule has 7 heteroatoms. The molecular formula is C32H36BrN5O. The van der Waals surface area contributed by atoms with Crippen LogP contribution in [0.25, 0.3) is 16.7 Å². The summed E-state index contributed by atoms with van der Waals surface area (Å²) in [4.78, 5) is 25.6. The number of benzene rings is 3. The van der Waals surface area contributed by atoms with Crippen LogP contribution in [0, 0.1) is 5.92 Å². The molecule has 0 spiro atoms. The molecule has 0 radical (unpaired) electrons. The van der Waals surface area contributed by atoms with E-state index < -0.39 is 0 Å². The van der Waals surface area contributed by atoms with Gasteiger partial charge < -0.3 is 9.80 Å². The number of piperidine rings is 1. The number of nitrogens with zero attached hydrogens (tertiary/aromatic N) is 5. The van der Waals surface area contributed by atoms with Crippen LogP contribution in [0.5, 0.6) is 0 Å². The third kappa shape index (κ3) is 5.61. The summed E-state index contributed by atoms with van der Waals surface area (Å²) in [6, 6.07) is 25.6. The Bertz CT molecular complexity index is 1440. The van der Waals surface area contributed by atoms with Crippen molar-refractivity contribution < 1.29 is 4.79 Å². The molecule has 202 valence electrons. The summed E-state index contributed by atoms with van der Waals surface area (Å²) >= 11 is 3.63. The molecule has 2 fully saturated rings. The minimum absolute atomic E-state index is 0.0536. The average Bonchev–Trinajstić information content (AvgIpc) is 3.35. The molecule has 0 N–H and O–H groups in total. The molecule has 0 aliphatic carbocycles. The Hall–Kier alpha value is -3.16. The van der Waals surface area contributed by atoms with E-state index in [-0.39, 0.29) is 5.92 Å². The van der Waals surface area contributed by atoms with Crippen LogP contribution < -0.4 is 4.90 Å². The first-order valence-electron chi connectivity index (χ1n) is 14.2. The van der Waals surface area contributed by atoms with Crippen LogP contribution in [0.4, 0.5) is 5.69 Å². The second-order valence-electron chi connectivity index (χ2n) is 10.7. The normalized spacial score (nSPS) is 18.6. The van der Waals surface area contributed by atoms with Gasteiger partial charge in [0.1, 0.15) is 5.82 Å². The Balaban J connectivity index is 1.13. The van der Waals surface area contributed by atoms with E-state index in [1.54, 1.807) is 0 Å². The number of carbonyl (C=O) groups excluding carboxylic acids is 1. The van der Waals surface area contributed by atoms with E-state index in [2.05, 4.69) is 103 Å². The fourth-order valence-electron chi connectivity index (χ4n) is 6.07. The van der Waals surface area contributed by atoms with E-state index in [9.17, 15) is 4.79 Å². The number of carbonyl (C=O) groups is 1. The van der Waals surface area contributed by atoms with Crippen molar-refractivity contribution in [3.63, 3.8) is 0 Å². The number of aromatic nitrogens is 2. The Labute approximate surface area is 239 Å². The summed E-state index contributed by atoms with van der Waals surface area (Å²) in [5.74, 6) is 1.39. The van der Waals surface area contributed by atoms with Crippen LogP contribution in [0.2, 0.25) is 0 Å². The molecule has 1 amide bonds. The monoisotopic (exact) mass is 585 g/mol. The van der Waals surface area contributed by atoms with E-state index in [1.807, 2.05) is 12.1 Å². The minimum atomic E-state index is 0.0536. The molecule has 0 bridgehead atoms. The van der Waals surface area contributed by atoms with Crippen LogP contribution in [-0.4, -0.2) is 64.5 Å². The van der Waals surface area contributed by atoms with Crippen molar-refractivity contribution in [1.82, 2.24) is 19.4 Å². The van der Waals surface area contributed by atoms with Gasteiger partial charge in [-0.3, -0.25) is 14.3 Å². The zero-order chi connectivity index (χ0) is 26.8. The summed E-state index contributed by atoms with van der Waals surface area (Å²) < 4.78 is 3.31. The molecule has 6 rings (SSSR count). The van der Waals surface area contributed by atoms with Gasteiger partial charge in [0.25, 0.3) is 0 Å².